The summed E-state index contributed by atoms with van der Waals surface area (Å²) in [5, 5.41) is 8.68. The molecule has 1 heterocycles. The Hall–Kier alpha value is -2.14. The quantitative estimate of drug-likeness (QED) is 0.876. The molecule has 1 aromatic heterocycles. The Balaban J connectivity index is 2.06. The molecule has 0 radical (unpaired) electrons. The highest BCUT2D eigenvalue weighted by atomic mass is 16.4. The average molecular weight is 274 g/mol. The Bertz CT molecular complexity index is 578. The Morgan fingerprint density at radius 1 is 1.35 bits per heavy atom. The van der Waals surface area contributed by atoms with Crippen molar-refractivity contribution in [1.29, 1.82) is 0 Å². The van der Waals surface area contributed by atoms with Crippen molar-refractivity contribution in [3.8, 4) is 11.5 Å². The lowest BCUT2D eigenvalue weighted by atomic mass is 10.2. The van der Waals surface area contributed by atoms with Crippen molar-refractivity contribution < 1.29 is 14.3 Å². The molecule has 5 heteroatoms. The van der Waals surface area contributed by atoms with E-state index in [2.05, 4.69) is 4.98 Å². The van der Waals surface area contributed by atoms with Gasteiger partial charge >= 0.3 is 5.97 Å². The summed E-state index contributed by atoms with van der Waals surface area (Å²) in [5.74, 6) is 0.578. The first-order valence-electron chi connectivity index (χ1n) is 6.48. The van der Waals surface area contributed by atoms with E-state index < -0.39 is 5.97 Å². The SMILES string of the molecule is Cc1oc(-c2ccccc2)nc1CN(C)CCC(=O)O. The average Bonchev–Trinajstić information content (AvgIpc) is 2.79. The fourth-order valence-corrected chi connectivity index (χ4v) is 1.90. The molecule has 0 saturated carbocycles. The van der Waals surface area contributed by atoms with Gasteiger partial charge in [0, 0.05) is 18.7 Å². The molecule has 0 spiro atoms. The molecule has 0 aliphatic heterocycles. The molecular weight excluding hydrogens is 256 g/mol. The van der Waals surface area contributed by atoms with E-state index in [-0.39, 0.29) is 6.42 Å². The van der Waals surface area contributed by atoms with Crippen molar-refractivity contribution in [3.63, 3.8) is 0 Å². The fourth-order valence-electron chi connectivity index (χ4n) is 1.90. The Morgan fingerprint density at radius 3 is 2.70 bits per heavy atom. The summed E-state index contributed by atoms with van der Waals surface area (Å²) < 4.78 is 5.67. The van der Waals surface area contributed by atoms with Gasteiger partial charge in [0.05, 0.1) is 12.1 Å². The van der Waals surface area contributed by atoms with Crippen LogP contribution < -0.4 is 0 Å². The minimum atomic E-state index is -0.793. The number of aryl methyl sites for hydroxylation is 1. The molecule has 2 rings (SSSR count). The van der Waals surface area contributed by atoms with Gasteiger partial charge in [0.25, 0.3) is 0 Å². The normalized spacial score (nSPS) is 10.9. The number of aliphatic carboxylic acids is 1. The maximum atomic E-state index is 10.6. The summed E-state index contributed by atoms with van der Waals surface area (Å²) in [7, 11) is 1.87. The van der Waals surface area contributed by atoms with Crippen molar-refractivity contribution in [2.24, 2.45) is 0 Å². The summed E-state index contributed by atoms with van der Waals surface area (Å²) in [5.41, 5.74) is 1.78. The van der Waals surface area contributed by atoms with Gasteiger partial charge in [-0.3, -0.25) is 9.69 Å². The van der Waals surface area contributed by atoms with Crippen LogP contribution in [0.1, 0.15) is 17.9 Å². The molecule has 1 aromatic carbocycles. The summed E-state index contributed by atoms with van der Waals surface area (Å²) in [6.07, 6.45) is 0.124. The van der Waals surface area contributed by atoms with Gasteiger partial charge in [-0.2, -0.15) is 0 Å². The molecule has 2 aromatic rings. The molecule has 106 valence electrons. The lowest BCUT2D eigenvalue weighted by Crippen LogP contribution is -2.21. The van der Waals surface area contributed by atoms with Gasteiger partial charge < -0.3 is 9.52 Å². The molecule has 0 unspecified atom stereocenters. The number of hydrogen-bond acceptors (Lipinski definition) is 4. The number of carboxylic acid groups (broad SMARTS) is 1. The second kappa shape index (κ2) is 6.34. The molecule has 0 fully saturated rings. The summed E-state index contributed by atoms with van der Waals surface area (Å²) in [4.78, 5) is 17.0. The first-order valence-corrected chi connectivity index (χ1v) is 6.48. The number of carbonyl (C=O) groups is 1. The predicted molar refractivity (Wildman–Crippen MR) is 75.3 cm³/mol. The van der Waals surface area contributed by atoms with Crippen LogP contribution in [0.15, 0.2) is 34.7 Å². The third-order valence-corrected chi connectivity index (χ3v) is 3.04. The van der Waals surface area contributed by atoms with Crippen LogP contribution in [0.2, 0.25) is 0 Å². The fraction of sp³-hybridized carbons (Fsp3) is 0.333. The van der Waals surface area contributed by atoms with Crippen LogP contribution in [0.5, 0.6) is 0 Å². The number of oxazole rings is 1. The second-order valence-electron chi connectivity index (χ2n) is 4.77. The zero-order chi connectivity index (χ0) is 14.5. The number of aromatic nitrogens is 1. The molecule has 0 atom stereocenters. The second-order valence-corrected chi connectivity index (χ2v) is 4.77. The van der Waals surface area contributed by atoms with Crippen LogP contribution in [0.3, 0.4) is 0 Å². The standard InChI is InChI=1S/C15H18N2O3/c1-11-13(10-17(2)9-8-14(18)19)16-15(20-11)12-6-4-3-5-7-12/h3-7H,8-10H2,1-2H3,(H,18,19). The molecular formula is C15H18N2O3. The van der Waals surface area contributed by atoms with E-state index >= 15 is 0 Å². The van der Waals surface area contributed by atoms with Crippen LogP contribution in [0.4, 0.5) is 0 Å². The minimum absolute atomic E-state index is 0.124. The van der Waals surface area contributed by atoms with Crippen molar-refractivity contribution in [3.05, 3.63) is 41.8 Å². The van der Waals surface area contributed by atoms with Crippen LogP contribution >= 0.6 is 0 Å². The molecule has 0 amide bonds. The van der Waals surface area contributed by atoms with E-state index in [0.29, 0.717) is 19.0 Å². The van der Waals surface area contributed by atoms with Crippen molar-refractivity contribution in [1.82, 2.24) is 9.88 Å². The van der Waals surface area contributed by atoms with E-state index in [1.807, 2.05) is 49.2 Å². The largest absolute Gasteiger partial charge is 0.481 e. The molecule has 0 bridgehead atoms. The van der Waals surface area contributed by atoms with Gasteiger partial charge in [-0.25, -0.2) is 4.98 Å². The number of benzene rings is 1. The summed E-state index contributed by atoms with van der Waals surface area (Å²) >= 11 is 0. The monoisotopic (exact) mass is 274 g/mol. The highest BCUT2D eigenvalue weighted by molar-refractivity contribution is 5.66. The van der Waals surface area contributed by atoms with E-state index in [4.69, 9.17) is 9.52 Å². The zero-order valence-electron chi connectivity index (χ0n) is 11.7. The maximum Gasteiger partial charge on any atom is 0.304 e. The third-order valence-electron chi connectivity index (χ3n) is 3.04. The van der Waals surface area contributed by atoms with Gasteiger partial charge in [0.2, 0.25) is 5.89 Å². The Labute approximate surface area is 117 Å². The highest BCUT2D eigenvalue weighted by Gasteiger charge is 2.13. The van der Waals surface area contributed by atoms with Crippen LogP contribution in [-0.4, -0.2) is 34.6 Å². The lowest BCUT2D eigenvalue weighted by Gasteiger charge is -2.13. The van der Waals surface area contributed by atoms with Crippen LogP contribution in [-0.2, 0) is 11.3 Å². The van der Waals surface area contributed by atoms with E-state index in [1.165, 1.54) is 0 Å². The maximum absolute atomic E-state index is 10.6. The number of hydrogen-bond donors (Lipinski definition) is 1. The minimum Gasteiger partial charge on any atom is -0.481 e. The van der Waals surface area contributed by atoms with Gasteiger partial charge in [-0.15, -0.1) is 0 Å². The first-order chi connectivity index (χ1) is 9.56. The molecule has 0 saturated heterocycles. The van der Waals surface area contributed by atoms with E-state index in [0.717, 1.165) is 17.0 Å². The highest BCUT2D eigenvalue weighted by Crippen LogP contribution is 2.21. The molecule has 1 N–H and O–H groups in total. The topological polar surface area (TPSA) is 66.6 Å². The summed E-state index contributed by atoms with van der Waals surface area (Å²) in [6, 6.07) is 9.72. The molecule has 5 nitrogen and oxygen atoms in total. The first kappa shape index (κ1) is 14.3. The Morgan fingerprint density at radius 2 is 2.05 bits per heavy atom. The molecule has 20 heavy (non-hydrogen) atoms. The van der Waals surface area contributed by atoms with E-state index in [9.17, 15) is 4.79 Å². The van der Waals surface area contributed by atoms with Gasteiger partial charge in [0.1, 0.15) is 5.76 Å². The third kappa shape index (κ3) is 3.68. The number of rotatable bonds is 6. The van der Waals surface area contributed by atoms with Crippen LogP contribution in [0, 0.1) is 6.92 Å². The van der Waals surface area contributed by atoms with E-state index in [1.54, 1.807) is 0 Å². The molecule has 0 aliphatic rings. The van der Waals surface area contributed by atoms with Crippen LogP contribution in [0.25, 0.3) is 11.5 Å². The van der Waals surface area contributed by atoms with Crippen molar-refractivity contribution in [2.45, 2.75) is 19.9 Å². The summed E-state index contributed by atoms with van der Waals surface area (Å²) in [6.45, 7) is 2.94. The predicted octanol–water partition coefficient (Wildman–Crippen LogP) is 2.56. The number of carboxylic acids is 1. The van der Waals surface area contributed by atoms with Gasteiger partial charge in [-0.05, 0) is 26.1 Å². The van der Waals surface area contributed by atoms with Gasteiger partial charge in [-0.1, -0.05) is 18.2 Å². The smallest absolute Gasteiger partial charge is 0.304 e. The zero-order valence-corrected chi connectivity index (χ0v) is 11.7. The van der Waals surface area contributed by atoms with Gasteiger partial charge in [0.15, 0.2) is 0 Å². The van der Waals surface area contributed by atoms with Crippen molar-refractivity contribution >= 4 is 5.97 Å². The Kier molecular flexibility index (Phi) is 4.53. The molecule has 0 aliphatic carbocycles. The van der Waals surface area contributed by atoms with Crippen molar-refractivity contribution in [2.75, 3.05) is 13.6 Å². The lowest BCUT2D eigenvalue weighted by molar-refractivity contribution is -0.137. The number of nitrogens with zero attached hydrogens (tertiary/aromatic N) is 2.